The molecule has 3 aromatic rings. The third-order valence-electron chi connectivity index (χ3n) is 4.87. The molecule has 0 fully saturated rings. The Labute approximate surface area is 201 Å². The zero-order valence-electron chi connectivity index (χ0n) is 19.1. The predicted molar refractivity (Wildman–Crippen MR) is 136 cm³/mol. The van der Waals surface area contributed by atoms with Crippen molar-refractivity contribution in [3.63, 3.8) is 0 Å². The number of thiazole rings is 1. The summed E-state index contributed by atoms with van der Waals surface area (Å²) < 4.78 is 1.43. The van der Waals surface area contributed by atoms with E-state index in [1.54, 1.807) is 17.5 Å². The van der Waals surface area contributed by atoms with Crippen LogP contribution in [0.4, 0.5) is 5.82 Å². The van der Waals surface area contributed by atoms with Crippen LogP contribution >= 0.6 is 23.1 Å². The Morgan fingerprint density at radius 2 is 2.06 bits per heavy atom. The van der Waals surface area contributed by atoms with Gasteiger partial charge in [0.25, 0.3) is 5.56 Å². The second kappa shape index (κ2) is 11.0. The van der Waals surface area contributed by atoms with Crippen molar-refractivity contribution in [1.82, 2.24) is 14.4 Å². The largest absolute Gasteiger partial charge is 0.478 e. The van der Waals surface area contributed by atoms with Crippen molar-refractivity contribution in [2.24, 2.45) is 5.73 Å². The van der Waals surface area contributed by atoms with Gasteiger partial charge in [-0.1, -0.05) is 13.8 Å². The molecule has 0 radical (unpaired) electrons. The molecule has 8 nitrogen and oxygen atoms in total. The maximum atomic E-state index is 13.1. The Hall–Kier alpha value is -2.69. The Balaban J connectivity index is 1.93. The van der Waals surface area contributed by atoms with Gasteiger partial charge in [0.05, 0.1) is 21.6 Å². The van der Waals surface area contributed by atoms with Gasteiger partial charge in [-0.3, -0.25) is 9.20 Å². The van der Waals surface area contributed by atoms with Gasteiger partial charge in [0, 0.05) is 29.4 Å². The number of nitrogens with one attached hydrogen (secondary N) is 1. The van der Waals surface area contributed by atoms with Crippen LogP contribution in [0.2, 0.25) is 0 Å². The van der Waals surface area contributed by atoms with E-state index in [4.69, 9.17) is 10.8 Å². The normalized spacial score (nSPS) is 13.6. The molecule has 3 aromatic heterocycles. The van der Waals surface area contributed by atoms with Crippen LogP contribution in [0.15, 0.2) is 34.6 Å². The number of carbonyl (C=O) groups is 1. The quantitative estimate of drug-likeness (QED) is 0.290. The molecule has 0 spiro atoms. The standard InChI is InChI=1S/C23H29N5O3S2/c1-13(2)18-12-32-20(26-18)7-5-16-9-10-28-19(11-16)27-22(25-15(4)33-14(3)24)17(23(28)31)6-8-21(29)30/h6,8-15,25H,5,7,24H2,1-4H3,(H,29,30). The molecule has 3 rings (SSSR count). The molecule has 0 aliphatic heterocycles. The van der Waals surface area contributed by atoms with Gasteiger partial charge in [-0.15, -0.1) is 23.1 Å². The van der Waals surface area contributed by atoms with E-state index in [1.165, 1.54) is 22.2 Å². The number of thioether (sulfide) groups is 1. The fourth-order valence-electron chi connectivity index (χ4n) is 3.27. The van der Waals surface area contributed by atoms with E-state index in [-0.39, 0.29) is 21.9 Å². The number of fused-ring (bicyclic) bond motifs is 1. The molecule has 0 amide bonds. The summed E-state index contributed by atoms with van der Waals surface area (Å²) in [6.45, 7) is 8.04. The summed E-state index contributed by atoms with van der Waals surface area (Å²) in [5.41, 5.74) is 8.35. The molecule has 2 atom stereocenters. The summed E-state index contributed by atoms with van der Waals surface area (Å²) in [7, 11) is 0. The first-order valence-electron chi connectivity index (χ1n) is 10.7. The van der Waals surface area contributed by atoms with Gasteiger partial charge in [0.2, 0.25) is 0 Å². The molecule has 0 aliphatic carbocycles. The third kappa shape index (κ3) is 6.66. The number of nitrogens with zero attached hydrogens (tertiary/aromatic N) is 3. The second-order valence-electron chi connectivity index (χ2n) is 8.06. The number of aliphatic carboxylic acids is 1. The fraction of sp³-hybridized carbons (Fsp3) is 0.391. The number of carboxylic acid groups (broad SMARTS) is 1. The highest BCUT2D eigenvalue weighted by molar-refractivity contribution is 8.00. The summed E-state index contributed by atoms with van der Waals surface area (Å²) in [5.74, 6) is -0.400. The van der Waals surface area contributed by atoms with Crippen LogP contribution in [0.5, 0.6) is 0 Å². The molecule has 176 valence electrons. The Kier molecular flexibility index (Phi) is 8.28. The van der Waals surface area contributed by atoms with E-state index in [1.807, 2.05) is 26.0 Å². The number of anilines is 1. The van der Waals surface area contributed by atoms with Crippen LogP contribution in [-0.2, 0) is 17.6 Å². The minimum Gasteiger partial charge on any atom is -0.478 e. The van der Waals surface area contributed by atoms with E-state index >= 15 is 0 Å². The van der Waals surface area contributed by atoms with Crippen molar-refractivity contribution in [3.05, 3.63) is 62.0 Å². The average molecular weight is 488 g/mol. The van der Waals surface area contributed by atoms with E-state index in [2.05, 4.69) is 34.5 Å². The first-order chi connectivity index (χ1) is 15.6. The maximum absolute atomic E-state index is 13.1. The molecule has 10 heteroatoms. The molecule has 0 saturated heterocycles. The number of aryl methyl sites for hydroxylation is 2. The minimum absolute atomic E-state index is 0.110. The average Bonchev–Trinajstić information content (AvgIpc) is 3.20. The zero-order chi connectivity index (χ0) is 24.1. The smallest absolute Gasteiger partial charge is 0.328 e. The van der Waals surface area contributed by atoms with Gasteiger partial charge in [-0.2, -0.15) is 0 Å². The summed E-state index contributed by atoms with van der Waals surface area (Å²) in [4.78, 5) is 33.5. The maximum Gasteiger partial charge on any atom is 0.328 e. The van der Waals surface area contributed by atoms with Crippen LogP contribution in [0.25, 0.3) is 11.7 Å². The second-order valence-corrected chi connectivity index (χ2v) is 10.7. The summed E-state index contributed by atoms with van der Waals surface area (Å²) in [6.07, 6.45) is 5.48. The van der Waals surface area contributed by atoms with Gasteiger partial charge >= 0.3 is 5.97 Å². The molecular weight excluding hydrogens is 458 g/mol. The minimum atomic E-state index is -1.14. The van der Waals surface area contributed by atoms with Gasteiger partial charge in [0.15, 0.2) is 0 Å². The van der Waals surface area contributed by atoms with Crippen LogP contribution in [0.3, 0.4) is 0 Å². The van der Waals surface area contributed by atoms with Gasteiger partial charge in [-0.25, -0.2) is 14.8 Å². The molecule has 3 heterocycles. The lowest BCUT2D eigenvalue weighted by Gasteiger charge is -2.18. The van der Waals surface area contributed by atoms with Gasteiger partial charge in [0.1, 0.15) is 11.5 Å². The fourth-order valence-corrected chi connectivity index (χ4v) is 5.05. The van der Waals surface area contributed by atoms with Crippen molar-refractivity contribution in [2.45, 2.75) is 57.2 Å². The third-order valence-corrected chi connectivity index (χ3v) is 6.75. The van der Waals surface area contributed by atoms with Crippen LogP contribution in [-0.4, -0.2) is 36.2 Å². The topological polar surface area (TPSA) is 123 Å². The molecule has 0 saturated carbocycles. The lowest BCUT2D eigenvalue weighted by Crippen LogP contribution is -2.25. The number of rotatable bonds is 10. The molecule has 0 aromatic carbocycles. The number of hydrogen-bond donors (Lipinski definition) is 3. The number of pyridine rings is 1. The van der Waals surface area contributed by atoms with Crippen LogP contribution in [0.1, 0.15) is 55.4 Å². The summed E-state index contributed by atoms with van der Waals surface area (Å²) in [5, 5.41) is 15.2. The van der Waals surface area contributed by atoms with E-state index < -0.39 is 5.97 Å². The number of nitrogens with two attached hydrogens (primary N) is 1. The van der Waals surface area contributed by atoms with Crippen molar-refractivity contribution in [2.75, 3.05) is 5.32 Å². The predicted octanol–water partition coefficient (Wildman–Crippen LogP) is 3.95. The van der Waals surface area contributed by atoms with Crippen molar-refractivity contribution < 1.29 is 9.90 Å². The first kappa shape index (κ1) is 24.9. The summed E-state index contributed by atoms with van der Waals surface area (Å²) in [6, 6.07) is 3.77. The van der Waals surface area contributed by atoms with Crippen molar-refractivity contribution >= 4 is 46.6 Å². The number of aromatic nitrogens is 3. The number of carboxylic acids is 1. The molecule has 33 heavy (non-hydrogen) atoms. The van der Waals surface area contributed by atoms with E-state index in [0.717, 1.165) is 35.2 Å². The molecular formula is C23H29N5O3S2. The molecule has 0 aliphatic rings. The van der Waals surface area contributed by atoms with Crippen molar-refractivity contribution in [1.29, 1.82) is 0 Å². The highest BCUT2D eigenvalue weighted by Gasteiger charge is 2.15. The lowest BCUT2D eigenvalue weighted by atomic mass is 10.1. The zero-order valence-corrected chi connectivity index (χ0v) is 20.7. The van der Waals surface area contributed by atoms with Crippen LogP contribution < -0.4 is 16.6 Å². The highest BCUT2D eigenvalue weighted by atomic mass is 32.2. The number of hydrogen-bond acceptors (Lipinski definition) is 8. The van der Waals surface area contributed by atoms with Gasteiger partial charge in [-0.05, 0) is 50.0 Å². The molecule has 0 bridgehead atoms. The van der Waals surface area contributed by atoms with E-state index in [9.17, 15) is 9.59 Å². The SMILES string of the molecule is CC(N)SC(C)Nc1nc2cc(CCc3nc(C(C)C)cs3)ccn2c(=O)c1C=CC(=O)O. The Morgan fingerprint density at radius 3 is 2.70 bits per heavy atom. The Bertz CT molecular complexity index is 1220. The van der Waals surface area contributed by atoms with Crippen molar-refractivity contribution in [3.8, 4) is 0 Å². The lowest BCUT2D eigenvalue weighted by molar-refractivity contribution is -0.131. The van der Waals surface area contributed by atoms with Crippen LogP contribution in [0, 0.1) is 0 Å². The first-order valence-corrected chi connectivity index (χ1v) is 12.5. The summed E-state index contributed by atoms with van der Waals surface area (Å²) >= 11 is 3.14. The van der Waals surface area contributed by atoms with Gasteiger partial charge < -0.3 is 16.2 Å². The Morgan fingerprint density at radius 1 is 1.30 bits per heavy atom. The highest BCUT2D eigenvalue weighted by Crippen LogP contribution is 2.21. The molecule has 4 N–H and O–H groups in total. The monoisotopic (exact) mass is 487 g/mol. The molecule has 2 unspecified atom stereocenters. The van der Waals surface area contributed by atoms with E-state index in [0.29, 0.717) is 17.4 Å².